The minimum atomic E-state index is -0.200. The zero-order valence-corrected chi connectivity index (χ0v) is 12.1. The molecule has 0 saturated heterocycles. The van der Waals surface area contributed by atoms with E-state index in [1.165, 1.54) is 10.4 Å². The molecule has 2 heterocycles. The Morgan fingerprint density at radius 1 is 1.24 bits per heavy atom. The maximum atomic E-state index is 5.90. The molecule has 4 nitrogen and oxygen atoms in total. The Balaban J connectivity index is 1.92. The number of nitrogen functional groups attached to an aromatic ring is 1. The van der Waals surface area contributed by atoms with Crippen LogP contribution < -0.4 is 5.73 Å². The highest BCUT2D eigenvalue weighted by molar-refractivity contribution is 7.09. The number of benzene rings is 1. The number of nitrogens with zero attached hydrogens (tertiary/aromatic N) is 2. The van der Waals surface area contributed by atoms with Crippen molar-refractivity contribution in [2.45, 2.75) is 11.8 Å². The summed E-state index contributed by atoms with van der Waals surface area (Å²) in [5.41, 5.74) is 10.9. The van der Waals surface area contributed by atoms with E-state index >= 15 is 0 Å². The topological polar surface area (TPSA) is 67.6 Å². The summed E-state index contributed by atoms with van der Waals surface area (Å²) < 4.78 is 0. The fraction of sp³-hybridized carbons (Fsp3) is 0.125. The molecule has 2 aromatic heterocycles. The molecule has 0 fully saturated rings. The molecule has 3 aromatic rings. The van der Waals surface area contributed by atoms with Crippen molar-refractivity contribution in [2.75, 3.05) is 5.73 Å². The summed E-state index contributed by atoms with van der Waals surface area (Å²) in [6.07, 6.45) is 7.07. The van der Waals surface area contributed by atoms with Crippen LogP contribution in [0.15, 0.2) is 48.1 Å². The molecule has 0 spiro atoms. The van der Waals surface area contributed by atoms with Gasteiger partial charge in [0.1, 0.15) is 0 Å². The number of hydrogen-bond acceptors (Lipinski definition) is 4. The molecule has 1 atom stereocenters. The van der Waals surface area contributed by atoms with Crippen LogP contribution in [0.5, 0.6) is 0 Å². The van der Waals surface area contributed by atoms with Crippen molar-refractivity contribution < 1.29 is 0 Å². The van der Waals surface area contributed by atoms with Crippen LogP contribution in [0, 0.1) is 0 Å². The predicted octanol–water partition coefficient (Wildman–Crippen LogP) is 3.00. The third-order valence-corrected chi connectivity index (χ3v) is 5.01. The van der Waals surface area contributed by atoms with Crippen molar-refractivity contribution in [1.29, 1.82) is 0 Å². The molecule has 5 heteroatoms. The molecular weight excluding hydrogens is 280 g/mol. The second-order valence-corrected chi connectivity index (χ2v) is 6.10. The van der Waals surface area contributed by atoms with Crippen molar-refractivity contribution in [2.24, 2.45) is 0 Å². The van der Waals surface area contributed by atoms with E-state index in [0.29, 0.717) is 5.82 Å². The Morgan fingerprint density at radius 2 is 2.10 bits per heavy atom. The van der Waals surface area contributed by atoms with Crippen LogP contribution in [0.3, 0.4) is 0 Å². The van der Waals surface area contributed by atoms with Gasteiger partial charge in [-0.3, -0.25) is 10.1 Å². The monoisotopic (exact) mass is 294 g/mol. The summed E-state index contributed by atoms with van der Waals surface area (Å²) in [6.45, 7) is 0. The Bertz CT molecular complexity index is 789. The molecule has 0 radical (unpaired) electrons. The Kier molecular flexibility index (Phi) is 2.68. The van der Waals surface area contributed by atoms with E-state index in [9.17, 15) is 0 Å². The van der Waals surface area contributed by atoms with E-state index in [4.69, 9.17) is 5.73 Å². The smallest absolute Gasteiger partial charge is 0.152 e. The van der Waals surface area contributed by atoms with Gasteiger partial charge in [-0.1, -0.05) is 42.5 Å². The normalized spacial score (nSPS) is 20.4. The van der Waals surface area contributed by atoms with Crippen molar-refractivity contribution in [3.8, 4) is 0 Å². The number of aromatic nitrogens is 3. The Morgan fingerprint density at radius 3 is 2.86 bits per heavy atom. The van der Waals surface area contributed by atoms with Gasteiger partial charge >= 0.3 is 0 Å². The van der Waals surface area contributed by atoms with Gasteiger partial charge in [0.05, 0.1) is 10.9 Å². The number of fused-ring (bicyclic) bond motifs is 1. The summed E-state index contributed by atoms with van der Waals surface area (Å²) in [5.74, 6) is 0.562. The molecule has 1 aliphatic carbocycles. The van der Waals surface area contributed by atoms with Gasteiger partial charge in [0, 0.05) is 28.8 Å². The molecule has 4 rings (SSSR count). The standard InChI is InChI=1S/C16H14N4S/c17-15-12-6-7-16(8-13(12)19-20-15,14-9-18-10-21-14)11-4-2-1-3-5-11/h1-7,9-10H,8H2,(H3,17,19,20). The SMILES string of the molecule is Nc1n[nH]c2c1C=CC(c1ccccc1)(c1cncs1)C2. The van der Waals surface area contributed by atoms with Crippen LogP contribution in [0.25, 0.3) is 6.08 Å². The lowest BCUT2D eigenvalue weighted by Crippen LogP contribution is -2.29. The summed E-state index contributed by atoms with van der Waals surface area (Å²) in [6, 6.07) is 10.5. The van der Waals surface area contributed by atoms with Gasteiger partial charge in [-0.2, -0.15) is 5.10 Å². The summed E-state index contributed by atoms with van der Waals surface area (Å²) in [5, 5.41) is 7.20. The van der Waals surface area contributed by atoms with E-state index in [-0.39, 0.29) is 5.41 Å². The van der Waals surface area contributed by atoms with Crippen molar-refractivity contribution >= 4 is 23.2 Å². The number of rotatable bonds is 2. The van der Waals surface area contributed by atoms with Crippen molar-refractivity contribution in [3.63, 3.8) is 0 Å². The number of H-pyrrole nitrogens is 1. The van der Waals surface area contributed by atoms with Gasteiger partial charge in [-0.05, 0) is 5.56 Å². The molecule has 1 aliphatic rings. The molecule has 0 amide bonds. The number of anilines is 1. The number of aromatic amines is 1. The van der Waals surface area contributed by atoms with Crippen LogP contribution in [0.4, 0.5) is 5.82 Å². The number of thiazole rings is 1. The highest BCUT2D eigenvalue weighted by Crippen LogP contribution is 2.43. The van der Waals surface area contributed by atoms with Crippen molar-refractivity contribution in [1.82, 2.24) is 15.2 Å². The molecule has 0 aliphatic heterocycles. The number of allylic oxidation sites excluding steroid dienone is 1. The highest BCUT2D eigenvalue weighted by Gasteiger charge is 2.37. The fourth-order valence-electron chi connectivity index (χ4n) is 2.97. The van der Waals surface area contributed by atoms with Gasteiger partial charge in [0.15, 0.2) is 5.82 Å². The predicted molar refractivity (Wildman–Crippen MR) is 85.1 cm³/mol. The number of nitrogens with two attached hydrogens (primary N) is 1. The summed E-state index contributed by atoms with van der Waals surface area (Å²) >= 11 is 1.68. The van der Waals surface area contributed by atoms with E-state index < -0.39 is 0 Å². The summed E-state index contributed by atoms with van der Waals surface area (Å²) in [4.78, 5) is 5.49. The zero-order valence-electron chi connectivity index (χ0n) is 11.3. The van der Waals surface area contributed by atoms with Crippen LogP contribution >= 0.6 is 11.3 Å². The van der Waals surface area contributed by atoms with Crippen LogP contribution in [0.1, 0.15) is 21.7 Å². The van der Waals surface area contributed by atoms with Gasteiger partial charge < -0.3 is 5.73 Å². The number of hydrogen-bond donors (Lipinski definition) is 2. The van der Waals surface area contributed by atoms with E-state index in [0.717, 1.165) is 17.7 Å². The Labute approximate surface area is 126 Å². The maximum Gasteiger partial charge on any atom is 0.152 e. The lowest BCUT2D eigenvalue weighted by molar-refractivity contribution is 0.631. The quantitative estimate of drug-likeness (QED) is 0.763. The lowest BCUT2D eigenvalue weighted by Gasteiger charge is -2.32. The first kappa shape index (κ1) is 12.3. The molecule has 21 heavy (non-hydrogen) atoms. The van der Waals surface area contributed by atoms with Crippen LogP contribution in [0.2, 0.25) is 0 Å². The molecule has 0 bridgehead atoms. The molecule has 104 valence electrons. The second kappa shape index (κ2) is 4.56. The highest BCUT2D eigenvalue weighted by atomic mass is 32.1. The third kappa shape index (κ3) is 1.81. The lowest BCUT2D eigenvalue weighted by atomic mass is 9.72. The van der Waals surface area contributed by atoms with Crippen LogP contribution in [-0.2, 0) is 11.8 Å². The molecule has 3 N–H and O–H groups in total. The third-order valence-electron chi connectivity index (χ3n) is 4.06. The first-order valence-electron chi connectivity index (χ1n) is 6.76. The number of nitrogens with one attached hydrogen (secondary N) is 1. The molecule has 1 aromatic carbocycles. The summed E-state index contributed by atoms with van der Waals surface area (Å²) in [7, 11) is 0. The fourth-order valence-corrected chi connectivity index (χ4v) is 3.79. The van der Waals surface area contributed by atoms with E-state index in [1.807, 2.05) is 17.8 Å². The largest absolute Gasteiger partial charge is 0.382 e. The van der Waals surface area contributed by atoms with Crippen molar-refractivity contribution in [3.05, 3.63) is 69.8 Å². The van der Waals surface area contributed by atoms with Crippen LogP contribution in [-0.4, -0.2) is 15.2 Å². The zero-order chi connectivity index (χ0) is 14.3. The van der Waals surface area contributed by atoms with E-state index in [2.05, 4.69) is 51.6 Å². The molecular formula is C16H14N4S. The average molecular weight is 294 g/mol. The van der Waals surface area contributed by atoms with Gasteiger partial charge in [0.2, 0.25) is 0 Å². The first-order chi connectivity index (χ1) is 10.3. The average Bonchev–Trinajstić information content (AvgIpc) is 3.18. The Hall–Kier alpha value is -2.40. The van der Waals surface area contributed by atoms with Gasteiger partial charge in [-0.15, -0.1) is 11.3 Å². The van der Waals surface area contributed by atoms with E-state index in [1.54, 1.807) is 11.3 Å². The molecule has 1 unspecified atom stereocenters. The first-order valence-corrected chi connectivity index (χ1v) is 7.64. The second-order valence-electron chi connectivity index (χ2n) is 5.21. The maximum absolute atomic E-state index is 5.90. The van der Waals surface area contributed by atoms with Gasteiger partial charge in [0.25, 0.3) is 0 Å². The minimum Gasteiger partial charge on any atom is -0.382 e. The molecule has 0 saturated carbocycles. The van der Waals surface area contributed by atoms with Gasteiger partial charge in [-0.25, -0.2) is 0 Å². The minimum absolute atomic E-state index is 0.200.